The molecule has 4 aromatic carbocycles. The van der Waals surface area contributed by atoms with Crippen molar-refractivity contribution in [2.24, 2.45) is 0 Å². The van der Waals surface area contributed by atoms with Crippen LogP contribution in [0.4, 0.5) is 10.1 Å². The molecule has 0 heterocycles. The van der Waals surface area contributed by atoms with Crippen molar-refractivity contribution in [2.75, 3.05) is 10.8 Å². The van der Waals surface area contributed by atoms with Crippen LogP contribution < -0.4 is 9.62 Å². The van der Waals surface area contributed by atoms with Gasteiger partial charge in [-0.05, 0) is 79.8 Å². The van der Waals surface area contributed by atoms with E-state index in [2.05, 4.69) is 5.32 Å². The smallest absolute Gasteiger partial charge is 0.264 e. The fourth-order valence-corrected chi connectivity index (χ4v) is 7.46. The number of aryl methyl sites for hydroxylation is 2. The summed E-state index contributed by atoms with van der Waals surface area (Å²) in [6, 6.07) is 27.7. The number of halogens is 1. The first kappa shape index (κ1) is 33.9. The van der Waals surface area contributed by atoms with Gasteiger partial charge in [0.05, 0.1) is 10.6 Å². The van der Waals surface area contributed by atoms with E-state index in [1.807, 2.05) is 68.4 Å². The van der Waals surface area contributed by atoms with Crippen LogP contribution in [0.25, 0.3) is 0 Å². The highest BCUT2D eigenvalue weighted by molar-refractivity contribution is 7.92. The number of anilines is 1. The highest BCUT2D eigenvalue weighted by atomic mass is 32.2. The average molecular weight is 656 g/mol. The molecule has 0 bridgehead atoms. The summed E-state index contributed by atoms with van der Waals surface area (Å²) >= 11 is 0. The lowest BCUT2D eigenvalue weighted by Gasteiger charge is -2.35. The molecule has 7 nitrogen and oxygen atoms in total. The van der Waals surface area contributed by atoms with E-state index in [1.54, 1.807) is 24.3 Å². The maximum Gasteiger partial charge on any atom is 0.264 e. The minimum Gasteiger partial charge on any atom is -0.352 e. The van der Waals surface area contributed by atoms with Gasteiger partial charge in [-0.1, -0.05) is 91.6 Å². The fourth-order valence-electron chi connectivity index (χ4n) is 6.04. The Kier molecular flexibility index (Phi) is 11.1. The summed E-state index contributed by atoms with van der Waals surface area (Å²) in [7, 11) is -4.30. The normalized spacial score (nSPS) is 14.3. The van der Waals surface area contributed by atoms with Crippen molar-refractivity contribution in [1.29, 1.82) is 0 Å². The molecule has 0 spiro atoms. The molecule has 5 rings (SSSR count). The van der Waals surface area contributed by atoms with Crippen molar-refractivity contribution in [1.82, 2.24) is 10.2 Å². The van der Waals surface area contributed by atoms with Crippen molar-refractivity contribution >= 4 is 27.5 Å². The van der Waals surface area contributed by atoms with Crippen molar-refractivity contribution in [3.05, 3.63) is 131 Å². The first-order chi connectivity index (χ1) is 22.6. The van der Waals surface area contributed by atoms with Crippen LogP contribution in [0.2, 0.25) is 0 Å². The Bertz CT molecular complexity index is 1760. The van der Waals surface area contributed by atoms with Crippen LogP contribution in [-0.2, 0) is 32.6 Å². The first-order valence-corrected chi connectivity index (χ1v) is 17.6. The molecule has 1 atom stereocenters. The van der Waals surface area contributed by atoms with E-state index < -0.39 is 34.3 Å². The van der Waals surface area contributed by atoms with E-state index in [-0.39, 0.29) is 35.5 Å². The van der Waals surface area contributed by atoms with Gasteiger partial charge in [-0.2, -0.15) is 0 Å². The average Bonchev–Trinajstić information content (AvgIpc) is 3.07. The highest BCUT2D eigenvalue weighted by Gasteiger charge is 2.35. The van der Waals surface area contributed by atoms with E-state index >= 15 is 0 Å². The predicted octanol–water partition coefficient (Wildman–Crippen LogP) is 6.73. The number of benzene rings is 4. The maximum atomic E-state index is 14.6. The minimum atomic E-state index is -4.30. The molecule has 0 aliphatic heterocycles. The molecule has 246 valence electrons. The Morgan fingerprint density at radius 2 is 1.47 bits per heavy atom. The molecule has 0 saturated heterocycles. The SMILES string of the molecule is Cc1ccc(N(CC(=O)N(Cc2ccccc2C)[C@H](Cc2ccccc2)C(=O)NC2CCCCC2)S(=O)(=O)c2ccc(F)cc2)cc1. The van der Waals surface area contributed by atoms with Gasteiger partial charge < -0.3 is 10.2 Å². The molecule has 2 amide bonds. The molecule has 0 aromatic heterocycles. The molecule has 1 aliphatic rings. The second-order valence-corrected chi connectivity index (χ2v) is 14.2. The Hall–Kier alpha value is -4.50. The quantitative estimate of drug-likeness (QED) is 0.184. The summed E-state index contributed by atoms with van der Waals surface area (Å²) in [4.78, 5) is 30.2. The van der Waals surface area contributed by atoms with Crippen LogP contribution in [0, 0.1) is 19.7 Å². The van der Waals surface area contributed by atoms with E-state index in [4.69, 9.17) is 0 Å². The molecule has 1 fully saturated rings. The summed E-state index contributed by atoms with van der Waals surface area (Å²) in [5, 5.41) is 3.23. The number of nitrogens with one attached hydrogen (secondary N) is 1. The largest absolute Gasteiger partial charge is 0.352 e. The van der Waals surface area contributed by atoms with Gasteiger partial charge in [-0.15, -0.1) is 0 Å². The van der Waals surface area contributed by atoms with Gasteiger partial charge in [0.15, 0.2) is 0 Å². The number of hydrogen-bond donors (Lipinski definition) is 1. The standard InChI is InChI=1S/C38H42FN3O4S/c1-28-17-21-34(22-18-28)42(47(45,46)35-23-19-32(39)20-24-35)27-37(43)41(26-31-14-10-9-11-29(31)2)36(25-30-12-5-3-6-13-30)38(44)40-33-15-7-4-8-16-33/h3,5-6,9-14,17-24,33,36H,4,7-8,15-16,25-27H2,1-2H3,(H,40,44)/t36-/m1/s1. The lowest BCUT2D eigenvalue weighted by molar-refractivity contribution is -0.140. The second-order valence-electron chi connectivity index (χ2n) is 12.3. The van der Waals surface area contributed by atoms with Crippen LogP contribution in [0.15, 0.2) is 108 Å². The lowest BCUT2D eigenvalue weighted by atomic mass is 9.94. The minimum absolute atomic E-state index is 0.0212. The summed E-state index contributed by atoms with van der Waals surface area (Å²) in [5.41, 5.74) is 3.89. The fraction of sp³-hybridized carbons (Fsp3) is 0.316. The van der Waals surface area contributed by atoms with Crippen LogP contribution in [0.3, 0.4) is 0 Å². The Labute approximate surface area is 277 Å². The maximum absolute atomic E-state index is 14.6. The van der Waals surface area contributed by atoms with Gasteiger partial charge in [-0.25, -0.2) is 12.8 Å². The number of amides is 2. The third-order valence-corrected chi connectivity index (χ3v) is 10.6. The molecule has 0 radical (unpaired) electrons. The Morgan fingerprint density at radius 1 is 0.830 bits per heavy atom. The number of carbonyl (C=O) groups is 2. The second kappa shape index (κ2) is 15.4. The zero-order chi connectivity index (χ0) is 33.4. The molecule has 0 unspecified atom stereocenters. The summed E-state index contributed by atoms with van der Waals surface area (Å²) < 4.78 is 43.1. The van der Waals surface area contributed by atoms with Gasteiger partial charge in [0.25, 0.3) is 10.0 Å². The summed E-state index contributed by atoms with van der Waals surface area (Å²) in [6.45, 7) is 3.39. The van der Waals surface area contributed by atoms with E-state index in [1.165, 1.54) is 17.0 Å². The van der Waals surface area contributed by atoms with Gasteiger partial charge in [0.2, 0.25) is 11.8 Å². The number of nitrogens with zero attached hydrogens (tertiary/aromatic N) is 2. The molecule has 47 heavy (non-hydrogen) atoms. The van der Waals surface area contributed by atoms with Gasteiger partial charge >= 0.3 is 0 Å². The van der Waals surface area contributed by atoms with E-state index in [0.717, 1.165) is 70.8 Å². The Morgan fingerprint density at radius 3 is 2.13 bits per heavy atom. The van der Waals surface area contributed by atoms with Crippen LogP contribution in [0.5, 0.6) is 0 Å². The van der Waals surface area contributed by atoms with Crippen molar-refractivity contribution < 1.29 is 22.4 Å². The first-order valence-electron chi connectivity index (χ1n) is 16.1. The van der Waals surface area contributed by atoms with Crippen molar-refractivity contribution in [3.63, 3.8) is 0 Å². The van der Waals surface area contributed by atoms with Crippen LogP contribution >= 0.6 is 0 Å². The molecule has 1 aliphatic carbocycles. The zero-order valence-corrected chi connectivity index (χ0v) is 27.8. The predicted molar refractivity (Wildman–Crippen MR) is 183 cm³/mol. The molecule has 1 N–H and O–H groups in total. The van der Waals surface area contributed by atoms with Crippen LogP contribution in [-0.4, -0.2) is 43.8 Å². The number of hydrogen-bond acceptors (Lipinski definition) is 4. The molecule has 1 saturated carbocycles. The summed E-state index contributed by atoms with van der Waals surface area (Å²) in [6.07, 6.45) is 5.22. The van der Waals surface area contributed by atoms with Gasteiger partial charge in [-0.3, -0.25) is 13.9 Å². The zero-order valence-electron chi connectivity index (χ0n) is 26.9. The summed E-state index contributed by atoms with van der Waals surface area (Å²) in [5.74, 6) is -1.36. The molecular weight excluding hydrogens is 614 g/mol. The van der Waals surface area contributed by atoms with Gasteiger partial charge in [0, 0.05) is 19.0 Å². The van der Waals surface area contributed by atoms with E-state index in [9.17, 15) is 22.4 Å². The van der Waals surface area contributed by atoms with Crippen LogP contribution in [0.1, 0.15) is 54.4 Å². The number of rotatable bonds is 12. The molecule has 4 aromatic rings. The highest BCUT2D eigenvalue weighted by Crippen LogP contribution is 2.26. The van der Waals surface area contributed by atoms with Crippen molar-refractivity contribution in [3.8, 4) is 0 Å². The number of sulfonamides is 1. The van der Waals surface area contributed by atoms with E-state index in [0.29, 0.717) is 0 Å². The Balaban J connectivity index is 1.56. The molecular formula is C38H42FN3O4S. The van der Waals surface area contributed by atoms with Crippen molar-refractivity contribution in [2.45, 2.75) is 75.9 Å². The topological polar surface area (TPSA) is 86.8 Å². The molecule has 9 heteroatoms. The van der Waals surface area contributed by atoms with Gasteiger partial charge in [0.1, 0.15) is 18.4 Å². The number of carbonyl (C=O) groups excluding carboxylic acids is 2. The monoisotopic (exact) mass is 655 g/mol. The lowest BCUT2D eigenvalue weighted by Crippen LogP contribution is -2.55. The third-order valence-electron chi connectivity index (χ3n) is 8.83. The third kappa shape index (κ3) is 8.65.